The Morgan fingerprint density at radius 3 is 2.69 bits per heavy atom. The van der Waals surface area contributed by atoms with Crippen molar-refractivity contribution in [1.82, 2.24) is 14.9 Å². The molecule has 0 bridgehead atoms. The summed E-state index contributed by atoms with van der Waals surface area (Å²) in [6, 6.07) is 14.6. The number of aliphatic carboxylic acids is 1. The standard InChI is InChI=1S/C20H24N4O.C2HF3O2/c1-20(2)15-23(18-5-3-4-6-19(18)25-20)12-10-21-14-16-8-11-24-17(13-16)7-9-22-24;3-2(4,5)1(6)7/h3-9,11,13,21H,10,12,14-15H2,1-2H3;(H,6,7). The number of benzene rings is 1. The second-order valence-electron chi connectivity index (χ2n) is 7.97. The summed E-state index contributed by atoms with van der Waals surface area (Å²) >= 11 is 0. The zero-order chi connectivity index (χ0) is 23.4. The predicted molar refractivity (Wildman–Crippen MR) is 114 cm³/mol. The average Bonchev–Trinajstić information content (AvgIpc) is 3.18. The number of hydrogen-bond acceptors (Lipinski definition) is 5. The molecule has 7 nitrogen and oxygen atoms in total. The molecule has 0 radical (unpaired) electrons. The molecule has 32 heavy (non-hydrogen) atoms. The summed E-state index contributed by atoms with van der Waals surface area (Å²) in [6.07, 6.45) is -1.25. The molecule has 4 rings (SSSR count). The van der Waals surface area contributed by atoms with Gasteiger partial charge in [0.15, 0.2) is 0 Å². The minimum atomic E-state index is -5.08. The van der Waals surface area contributed by atoms with Crippen LogP contribution in [0.5, 0.6) is 5.75 Å². The summed E-state index contributed by atoms with van der Waals surface area (Å²) in [5.41, 5.74) is 3.42. The first-order chi connectivity index (χ1) is 15.0. The van der Waals surface area contributed by atoms with E-state index in [4.69, 9.17) is 14.6 Å². The number of para-hydroxylation sites is 2. The smallest absolute Gasteiger partial charge is 0.484 e. The molecular formula is C22H25F3N4O3. The summed E-state index contributed by atoms with van der Waals surface area (Å²) < 4.78 is 39.7. The monoisotopic (exact) mass is 450 g/mol. The maximum Gasteiger partial charge on any atom is 0.490 e. The number of carboxylic acids is 1. The first-order valence-corrected chi connectivity index (χ1v) is 10.0. The van der Waals surface area contributed by atoms with Crippen molar-refractivity contribution in [3.05, 3.63) is 60.4 Å². The minimum absolute atomic E-state index is 0.165. The lowest BCUT2D eigenvalue weighted by molar-refractivity contribution is -0.192. The fourth-order valence-corrected chi connectivity index (χ4v) is 3.40. The highest BCUT2D eigenvalue weighted by Gasteiger charge is 2.38. The first kappa shape index (κ1) is 23.4. The molecule has 2 N–H and O–H groups in total. The Morgan fingerprint density at radius 2 is 1.97 bits per heavy atom. The van der Waals surface area contributed by atoms with Crippen molar-refractivity contribution in [3.8, 4) is 5.75 Å². The van der Waals surface area contributed by atoms with Crippen molar-refractivity contribution < 1.29 is 27.8 Å². The summed E-state index contributed by atoms with van der Waals surface area (Å²) in [6.45, 7) is 7.92. The number of halogens is 3. The van der Waals surface area contributed by atoms with Crippen LogP contribution in [0.1, 0.15) is 19.4 Å². The third-order valence-corrected chi connectivity index (χ3v) is 4.76. The number of ether oxygens (including phenoxy) is 1. The van der Waals surface area contributed by atoms with E-state index in [0.717, 1.165) is 37.4 Å². The van der Waals surface area contributed by atoms with Gasteiger partial charge in [-0.25, -0.2) is 9.31 Å². The van der Waals surface area contributed by atoms with Crippen molar-refractivity contribution in [2.45, 2.75) is 32.2 Å². The highest BCUT2D eigenvalue weighted by atomic mass is 19.4. The van der Waals surface area contributed by atoms with Crippen molar-refractivity contribution in [1.29, 1.82) is 0 Å². The molecule has 0 amide bonds. The minimum Gasteiger partial charge on any atom is -0.484 e. The van der Waals surface area contributed by atoms with Crippen molar-refractivity contribution in [3.63, 3.8) is 0 Å². The SMILES string of the molecule is CC1(C)CN(CCNCc2ccn3nccc3c2)c2ccccc2O1.O=C(O)C(F)(F)F. The lowest BCUT2D eigenvalue weighted by Crippen LogP contribution is -2.48. The van der Waals surface area contributed by atoms with Crippen LogP contribution in [0.4, 0.5) is 18.9 Å². The third-order valence-electron chi connectivity index (χ3n) is 4.76. The highest BCUT2D eigenvalue weighted by Crippen LogP contribution is 2.36. The fourth-order valence-electron chi connectivity index (χ4n) is 3.40. The third kappa shape index (κ3) is 6.13. The molecule has 0 saturated heterocycles. The van der Waals surface area contributed by atoms with Gasteiger partial charge < -0.3 is 20.1 Å². The number of anilines is 1. The number of aromatic nitrogens is 2. The van der Waals surface area contributed by atoms with E-state index in [1.807, 2.05) is 29.0 Å². The summed E-state index contributed by atoms with van der Waals surface area (Å²) in [5.74, 6) is -1.78. The molecule has 1 aliphatic heterocycles. The van der Waals surface area contributed by atoms with Gasteiger partial charge in [-0.05, 0) is 49.7 Å². The Hall–Kier alpha value is -3.27. The van der Waals surface area contributed by atoms with Crippen LogP contribution in [0.3, 0.4) is 0 Å². The van der Waals surface area contributed by atoms with Crippen LogP contribution in [0.2, 0.25) is 0 Å². The molecule has 0 atom stereocenters. The van der Waals surface area contributed by atoms with E-state index in [2.05, 4.69) is 59.5 Å². The van der Waals surface area contributed by atoms with Crippen LogP contribution in [0.25, 0.3) is 5.52 Å². The van der Waals surface area contributed by atoms with E-state index in [0.29, 0.717) is 0 Å². The molecule has 1 aromatic carbocycles. The number of nitrogens with one attached hydrogen (secondary N) is 1. The van der Waals surface area contributed by atoms with E-state index in [1.54, 1.807) is 0 Å². The number of hydrogen-bond donors (Lipinski definition) is 2. The second kappa shape index (κ2) is 9.47. The number of nitrogens with zero attached hydrogens (tertiary/aromatic N) is 3. The second-order valence-corrected chi connectivity index (χ2v) is 7.97. The van der Waals surface area contributed by atoms with E-state index in [-0.39, 0.29) is 5.60 Å². The van der Waals surface area contributed by atoms with Gasteiger partial charge in [0.05, 0.1) is 17.7 Å². The number of carboxylic acid groups (broad SMARTS) is 1. The van der Waals surface area contributed by atoms with Crippen molar-refractivity contribution in [2.75, 3.05) is 24.5 Å². The molecule has 0 fully saturated rings. The van der Waals surface area contributed by atoms with Gasteiger partial charge in [-0.1, -0.05) is 12.1 Å². The average molecular weight is 450 g/mol. The van der Waals surface area contributed by atoms with Crippen LogP contribution >= 0.6 is 0 Å². The van der Waals surface area contributed by atoms with Crippen LogP contribution < -0.4 is 15.0 Å². The number of fused-ring (bicyclic) bond motifs is 2. The number of carbonyl (C=O) groups is 1. The zero-order valence-corrected chi connectivity index (χ0v) is 17.8. The Balaban J connectivity index is 0.000000360. The Kier molecular flexibility index (Phi) is 6.93. The molecule has 0 unspecified atom stereocenters. The van der Waals surface area contributed by atoms with E-state index < -0.39 is 12.1 Å². The Bertz CT molecular complexity index is 1070. The van der Waals surface area contributed by atoms with Crippen LogP contribution in [-0.2, 0) is 11.3 Å². The maximum absolute atomic E-state index is 10.6. The summed E-state index contributed by atoms with van der Waals surface area (Å²) in [5, 5.41) is 14.9. The van der Waals surface area contributed by atoms with E-state index in [9.17, 15) is 13.2 Å². The van der Waals surface area contributed by atoms with Gasteiger partial charge in [0.2, 0.25) is 0 Å². The molecule has 3 heterocycles. The van der Waals surface area contributed by atoms with Crippen LogP contribution in [0, 0.1) is 0 Å². The topological polar surface area (TPSA) is 79.1 Å². The van der Waals surface area contributed by atoms with E-state index >= 15 is 0 Å². The van der Waals surface area contributed by atoms with Gasteiger partial charge in [0, 0.05) is 32.0 Å². The molecular weight excluding hydrogens is 425 g/mol. The quantitative estimate of drug-likeness (QED) is 0.577. The molecule has 0 saturated carbocycles. The fraction of sp³-hybridized carbons (Fsp3) is 0.364. The van der Waals surface area contributed by atoms with Crippen LogP contribution in [-0.4, -0.2) is 52.1 Å². The van der Waals surface area contributed by atoms with Crippen molar-refractivity contribution in [2.24, 2.45) is 0 Å². The molecule has 2 aromatic heterocycles. The number of pyridine rings is 1. The predicted octanol–water partition coefficient (Wildman–Crippen LogP) is 3.73. The number of alkyl halides is 3. The van der Waals surface area contributed by atoms with Gasteiger partial charge in [0.1, 0.15) is 11.4 Å². The summed E-state index contributed by atoms with van der Waals surface area (Å²) in [4.78, 5) is 11.3. The highest BCUT2D eigenvalue weighted by molar-refractivity contribution is 5.73. The lowest BCUT2D eigenvalue weighted by Gasteiger charge is -2.41. The summed E-state index contributed by atoms with van der Waals surface area (Å²) in [7, 11) is 0. The van der Waals surface area contributed by atoms with E-state index in [1.165, 1.54) is 11.3 Å². The lowest BCUT2D eigenvalue weighted by atomic mass is 10.1. The molecule has 1 aliphatic rings. The van der Waals surface area contributed by atoms with Crippen LogP contribution in [0.15, 0.2) is 54.9 Å². The molecule has 3 aromatic rings. The Labute approximate surface area is 183 Å². The first-order valence-electron chi connectivity index (χ1n) is 10.0. The normalized spacial score (nSPS) is 14.8. The van der Waals surface area contributed by atoms with Gasteiger partial charge in [-0.15, -0.1) is 0 Å². The molecule has 0 spiro atoms. The van der Waals surface area contributed by atoms with Gasteiger partial charge >= 0.3 is 12.1 Å². The molecule has 172 valence electrons. The molecule has 0 aliphatic carbocycles. The molecule has 10 heteroatoms. The van der Waals surface area contributed by atoms with Gasteiger partial charge in [-0.2, -0.15) is 18.3 Å². The maximum atomic E-state index is 10.6. The Morgan fingerprint density at radius 1 is 1.25 bits per heavy atom. The van der Waals surface area contributed by atoms with Gasteiger partial charge in [0.25, 0.3) is 0 Å². The number of rotatable bonds is 5. The van der Waals surface area contributed by atoms with Crippen molar-refractivity contribution >= 4 is 17.2 Å². The van der Waals surface area contributed by atoms with Gasteiger partial charge in [-0.3, -0.25) is 0 Å². The zero-order valence-electron chi connectivity index (χ0n) is 17.8. The largest absolute Gasteiger partial charge is 0.490 e.